The van der Waals surface area contributed by atoms with Crippen molar-refractivity contribution in [2.75, 3.05) is 13.1 Å². The summed E-state index contributed by atoms with van der Waals surface area (Å²) in [4.78, 5) is 0.223. The molecule has 0 spiro atoms. The predicted molar refractivity (Wildman–Crippen MR) is 112 cm³/mol. The minimum atomic E-state index is -4.37. The van der Waals surface area contributed by atoms with Gasteiger partial charge in [-0.25, -0.2) is 8.42 Å². The van der Waals surface area contributed by atoms with Crippen molar-refractivity contribution in [3.05, 3.63) is 64.7 Å². The second-order valence-corrected chi connectivity index (χ2v) is 10.4. The molecule has 0 aliphatic carbocycles. The number of sulfonamides is 1. The van der Waals surface area contributed by atoms with Crippen LogP contribution in [0.5, 0.6) is 0 Å². The Kier molecular flexibility index (Phi) is 6.33. The molecule has 2 aromatic carbocycles. The van der Waals surface area contributed by atoms with E-state index in [2.05, 4.69) is 10.9 Å². The summed E-state index contributed by atoms with van der Waals surface area (Å²) in [5.74, 6) is 0.236. The summed E-state index contributed by atoms with van der Waals surface area (Å²) in [5.41, 5.74) is 6.25. The Morgan fingerprint density at radius 1 is 1.00 bits per heavy atom. The summed E-state index contributed by atoms with van der Waals surface area (Å²) >= 11 is 5.85. The molecule has 0 radical (unpaired) electrons. The molecule has 168 valence electrons. The smallest absolute Gasteiger partial charge is 0.254 e. The molecule has 2 aliphatic rings. The molecule has 0 saturated carbocycles. The minimum Gasteiger partial charge on any atom is -0.254 e. The fraction of sp³-hybridized carbons (Fsp3) is 0.429. The highest BCUT2D eigenvalue weighted by molar-refractivity contribution is 7.89. The average Bonchev–Trinajstić information content (AvgIpc) is 3.24. The van der Waals surface area contributed by atoms with Gasteiger partial charge in [0.05, 0.1) is 10.5 Å². The van der Waals surface area contributed by atoms with E-state index < -0.39 is 21.8 Å². The molecule has 5 nitrogen and oxygen atoms in total. The van der Waals surface area contributed by atoms with Gasteiger partial charge in [-0.15, -0.1) is 0 Å². The van der Waals surface area contributed by atoms with Crippen LogP contribution in [0.15, 0.2) is 53.4 Å². The standard InChI is InChI=1S/C21H23ClF3N3O2S/c22-17-4-6-18(7-5-17)31(29,30)28-10-8-14(9-11-28)19-13-20(27-26-19)15-2-1-3-16(12-15)21(23,24)25/h1-7,12,14,19-20,26-27H,8-11,13H2. The largest absolute Gasteiger partial charge is 0.416 e. The van der Waals surface area contributed by atoms with E-state index in [1.165, 1.54) is 28.6 Å². The molecule has 0 amide bonds. The number of benzene rings is 2. The molecule has 2 fully saturated rings. The lowest BCUT2D eigenvalue weighted by Gasteiger charge is -2.34. The van der Waals surface area contributed by atoms with E-state index in [-0.39, 0.29) is 22.9 Å². The zero-order valence-electron chi connectivity index (χ0n) is 16.6. The van der Waals surface area contributed by atoms with Gasteiger partial charge in [0.15, 0.2) is 0 Å². The molecule has 2 atom stereocenters. The first-order chi connectivity index (χ1) is 14.6. The summed E-state index contributed by atoms with van der Waals surface area (Å²) in [6.45, 7) is 0.810. The number of hydrazine groups is 1. The van der Waals surface area contributed by atoms with Crippen LogP contribution in [0.1, 0.15) is 36.4 Å². The van der Waals surface area contributed by atoms with Gasteiger partial charge in [-0.1, -0.05) is 23.7 Å². The highest BCUT2D eigenvalue weighted by Gasteiger charge is 2.37. The molecule has 0 aromatic heterocycles. The van der Waals surface area contributed by atoms with Crippen molar-refractivity contribution < 1.29 is 21.6 Å². The van der Waals surface area contributed by atoms with Gasteiger partial charge < -0.3 is 0 Å². The van der Waals surface area contributed by atoms with Crippen LogP contribution < -0.4 is 10.9 Å². The first-order valence-electron chi connectivity index (χ1n) is 10.1. The van der Waals surface area contributed by atoms with Gasteiger partial charge in [-0.2, -0.15) is 17.5 Å². The number of hydrogen-bond acceptors (Lipinski definition) is 4. The van der Waals surface area contributed by atoms with Gasteiger partial charge in [0.25, 0.3) is 0 Å². The number of piperidine rings is 1. The van der Waals surface area contributed by atoms with Gasteiger partial charge in [-0.05, 0) is 67.1 Å². The first-order valence-corrected chi connectivity index (χ1v) is 11.9. The molecule has 2 aromatic rings. The molecule has 10 heteroatoms. The van der Waals surface area contributed by atoms with Crippen molar-refractivity contribution in [2.45, 2.75) is 42.4 Å². The van der Waals surface area contributed by atoms with Crippen molar-refractivity contribution in [1.29, 1.82) is 0 Å². The Balaban J connectivity index is 1.37. The minimum absolute atomic E-state index is 0.0694. The molecule has 4 rings (SSSR count). The van der Waals surface area contributed by atoms with Crippen molar-refractivity contribution in [2.24, 2.45) is 5.92 Å². The lowest BCUT2D eigenvalue weighted by atomic mass is 9.87. The maximum absolute atomic E-state index is 13.0. The summed E-state index contributed by atoms with van der Waals surface area (Å²) in [6.07, 6.45) is -2.36. The highest BCUT2D eigenvalue weighted by Crippen LogP contribution is 2.35. The summed E-state index contributed by atoms with van der Waals surface area (Å²) in [5, 5.41) is 0.479. The van der Waals surface area contributed by atoms with Crippen molar-refractivity contribution >= 4 is 21.6 Å². The number of halogens is 4. The summed E-state index contributed by atoms with van der Waals surface area (Å²) in [6, 6.07) is 11.3. The van der Waals surface area contributed by atoms with Crippen LogP contribution in [0.3, 0.4) is 0 Å². The monoisotopic (exact) mass is 473 g/mol. The van der Waals surface area contributed by atoms with Crippen LogP contribution in [0.2, 0.25) is 5.02 Å². The quantitative estimate of drug-likeness (QED) is 0.692. The summed E-state index contributed by atoms with van der Waals surface area (Å²) in [7, 11) is -3.57. The molecular weight excluding hydrogens is 451 g/mol. The maximum Gasteiger partial charge on any atom is 0.416 e. The third-order valence-corrected chi connectivity index (χ3v) is 8.23. The molecule has 2 heterocycles. The Bertz CT molecular complexity index is 1020. The van der Waals surface area contributed by atoms with E-state index in [0.717, 1.165) is 6.07 Å². The number of rotatable bonds is 4. The Morgan fingerprint density at radius 2 is 1.68 bits per heavy atom. The maximum atomic E-state index is 13.0. The number of hydrogen-bond donors (Lipinski definition) is 2. The van der Waals surface area contributed by atoms with E-state index in [1.54, 1.807) is 18.2 Å². The van der Waals surface area contributed by atoms with E-state index in [0.29, 0.717) is 42.9 Å². The fourth-order valence-corrected chi connectivity index (χ4v) is 5.91. The second-order valence-electron chi connectivity index (χ2n) is 8.00. The van der Waals surface area contributed by atoms with Gasteiger partial charge in [0.2, 0.25) is 10.0 Å². The Morgan fingerprint density at radius 3 is 2.32 bits per heavy atom. The Hall–Kier alpha value is -1.65. The van der Waals surface area contributed by atoms with Gasteiger partial charge in [0.1, 0.15) is 0 Å². The third-order valence-electron chi connectivity index (χ3n) is 6.07. The van der Waals surface area contributed by atoms with Crippen LogP contribution in [0.25, 0.3) is 0 Å². The highest BCUT2D eigenvalue weighted by atomic mass is 35.5. The first kappa shape index (κ1) is 22.5. The zero-order chi connectivity index (χ0) is 22.2. The number of nitrogens with one attached hydrogen (secondary N) is 2. The zero-order valence-corrected chi connectivity index (χ0v) is 18.1. The average molecular weight is 474 g/mol. The lowest BCUT2D eigenvalue weighted by molar-refractivity contribution is -0.137. The van der Waals surface area contributed by atoms with Crippen LogP contribution in [-0.4, -0.2) is 31.9 Å². The van der Waals surface area contributed by atoms with E-state index in [1.807, 2.05) is 0 Å². The van der Waals surface area contributed by atoms with Crippen molar-refractivity contribution in [1.82, 2.24) is 15.2 Å². The van der Waals surface area contributed by atoms with E-state index >= 15 is 0 Å². The van der Waals surface area contributed by atoms with Crippen molar-refractivity contribution in [3.8, 4) is 0 Å². The van der Waals surface area contributed by atoms with Gasteiger partial charge in [0, 0.05) is 30.2 Å². The number of nitrogens with zero attached hydrogens (tertiary/aromatic N) is 1. The normalized spacial score (nSPS) is 23.9. The third kappa shape index (κ3) is 4.90. The molecule has 0 bridgehead atoms. The van der Waals surface area contributed by atoms with Crippen LogP contribution in [0.4, 0.5) is 13.2 Å². The van der Waals surface area contributed by atoms with Crippen molar-refractivity contribution in [3.63, 3.8) is 0 Å². The molecule has 2 saturated heterocycles. The van der Waals surface area contributed by atoms with Crippen LogP contribution >= 0.6 is 11.6 Å². The van der Waals surface area contributed by atoms with Gasteiger partial charge in [-0.3, -0.25) is 10.9 Å². The van der Waals surface area contributed by atoms with Crippen LogP contribution in [0, 0.1) is 5.92 Å². The predicted octanol–water partition coefficient (Wildman–Crippen LogP) is 4.37. The van der Waals surface area contributed by atoms with E-state index in [9.17, 15) is 21.6 Å². The Labute approximate surface area is 184 Å². The van der Waals surface area contributed by atoms with E-state index in [4.69, 9.17) is 11.6 Å². The fourth-order valence-electron chi connectivity index (χ4n) is 4.32. The number of alkyl halides is 3. The topological polar surface area (TPSA) is 61.4 Å². The molecular formula is C21H23ClF3N3O2S. The lowest BCUT2D eigenvalue weighted by Crippen LogP contribution is -2.44. The molecule has 2 aliphatic heterocycles. The molecule has 2 unspecified atom stereocenters. The van der Waals surface area contributed by atoms with Crippen LogP contribution in [-0.2, 0) is 16.2 Å². The second kappa shape index (κ2) is 8.71. The van der Waals surface area contributed by atoms with Gasteiger partial charge >= 0.3 is 6.18 Å². The molecule has 31 heavy (non-hydrogen) atoms. The summed E-state index contributed by atoms with van der Waals surface area (Å²) < 4.78 is 66.2. The molecule has 2 N–H and O–H groups in total. The SMILES string of the molecule is O=S(=O)(c1ccc(Cl)cc1)N1CCC(C2CC(c3cccc(C(F)(F)F)c3)NN2)CC1.